The van der Waals surface area contributed by atoms with Crippen molar-refractivity contribution in [1.29, 1.82) is 0 Å². The molecular weight excluding hydrogens is 292 g/mol. The molecule has 0 aliphatic rings. The SMILES string of the molecule is CN(Cc1cccc(Br)c1)C(CN)c1ccoc1. The van der Waals surface area contributed by atoms with E-state index in [0.29, 0.717) is 6.54 Å². The first kappa shape index (κ1) is 13.3. The maximum atomic E-state index is 5.86. The second kappa shape index (κ2) is 6.18. The molecule has 0 saturated carbocycles. The van der Waals surface area contributed by atoms with Crippen molar-refractivity contribution in [3.05, 3.63) is 58.5 Å². The summed E-state index contributed by atoms with van der Waals surface area (Å²) in [4.78, 5) is 2.23. The lowest BCUT2D eigenvalue weighted by molar-refractivity contribution is 0.240. The van der Waals surface area contributed by atoms with Crippen LogP contribution >= 0.6 is 15.9 Å². The lowest BCUT2D eigenvalue weighted by Gasteiger charge is -2.26. The zero-order valence-electron chi connectivity index (χ0n) is 10.3. The molecule has 0 saturated heterocycles. The Morgan fingerprint density at radius 1 is 1.39 bits per heavy atom. The number of nitrogens with zero attached hydrogens (tertiary/aromatic N) is 1. The molecule has 18 heavy (non-hydrogen) atoms. The van der Waals surface area contributed by atoms with Gasteiger partial charge in [0, 0.05) is 23.1 Å². The fourth-order valence-electron chi connectivity index (χ4n) is 2.07. The molecule has 0 amide bonds. The van der Waals surface area contributed by atoms with E-state index in [0.717, 1.165) is 16.6 Å². The summed E-state index contributed by atoms with van der Waals surface area (Å²) in [6.07, 6.45) is 3.44. The molecule has 0 aliphatic carbocycles. The Bertz CT molecular complexity index is 484. The number of halogens is 1. The van der Waals surface area contributed by atoms with Crippen molar-refractivity contribution in [1.82, 2.24) is 4.90 Å². The average Bonchev–Trinajstić information content (AvgIpc) is 2.83. The van der Waals surface area contributed by atoms with Crippen LogP contribution in [0.2, 0.25) is 0 Å². The molecule has 1 atom stereocenters. The number of hydrogen-bond acceptors (Lipinski definition) is 3. The Morgan fingerprint density at radius 2 is 2.22 bits per heavy atom. The minimum atomic E-state index is 0.183. The lowest BCUT2D eigenvalue weighted by Crippen LogP contribution is -2.29. The van der Waals surface area contributed by atoms with E-state index in [-0.39, 0.29) is 6.04 Å². The van der Waals surface area contributed by atoms with Gasteiger partial charge < -0.3 is 10.2 Å². The lowest BCUT2D eigenvalue weighted by atomic mass is 10.1. The number of hydrogen-bond donors (Lipinski definition) is 1. The van der Waals surface area contributed by atoms with Crippen LogP contribution in [0.4, 0.5) is 0 Å². The number of likely N-dealkylation sites (N-methyl/N-ethyl adjacent to an activating group) is 1. The molecular formula is C14H17BrN2O. The van der Waals surface area contributed by atoms with Crippen LogP contribution in [0, 0.1) is 0 Å². The van der Waals surface area contributed by atoms with Gasteiger partial charge in [-0.1, -0.05) is 28.1 Å². The van der Waals surface area contributed by atoms with Crippen LogP contribution in [0.1, 0.15) is 17.2 Å². The first-order chi connectivity index (χ1) is 8.70. The number of rotatable bonds is 5. The third kappa shape index (κ3) is 3.22. The predicted molar refractivity (Wildman–Crippen MR) is 76.1 cm³/mol. The van der Waals surface area contributed by atoms with Crippen molar-refractivity contribution in [2.24, 2.45) is 5.73 Å². The van der Waals surface area contributed by atoms with Crippen LogP contribution in [0.5, 0.6) is 0 Å². The Kier molecular flexibility index (Phi) is 4.58. The molecule has 1 aromatic heterocycles. The molecule has 2 N–H and O–H groups in total. The van der Waals surface area contributed by atoms with Crippen LogP contribution < -0.4 is 5.73 Å². The fourth-order valence-corrected chi connectivity index (χ4v) is 2.52. The Balaban J connectivity index is 2.08. The summed E-state index contributed by atoms with van der Waals surface area (Å²) in [5, 5.41) is 0. The van der Waals surface area contributed by atoms with Gasteiger partial charge >= 0.3 is 0 Å². The van der Waals surface area contributed by atoms with Crippen LogP contribution in [0.15, 0.2) is 51.7 Å². The Morgan fingerprint density at radius 3 is 2.83 bits per heavy atom. The molecule has 1 aromatic carbocycles. The van der Waals surface area contributed by atoms with E-state index in [9.17, 15) is 0 Å². The summed E-state index contributed by atoms with van der Waals surface area (Å²) >= 11 is 3.49. The van der Waals surface area contributed by atoms with Gasteiger partial charge in [-0.25, -0.2) is 0 Å². The molecule has 2 rings (SSSR count). The fraction of sp³-hybridized carbons (Fsp3) is 0.286. The zero-order valence-corrected chi connectivity index (χ0v) is 11.9. The van der Waals surface area contributed by atoms with Gasteiger partial charge in [0.15, 0.2) is 0 Å². The highest BCUT2D eigenvalue weighted by molar-refractivity contribution is 9.10. The van der Waals surface area contributed by atoms with Gasteiger partial charge in [-0.05, 0) is 30.8 Å². The van der Waals surface area contributed by atoms with E-state index in [1.807, 2.05) is 18.2 Å². The summed E-state index contributed by atoms with van der Waals surface area (Å²) in [6, 6.07) is 10.5. The Labute approximate surface area is 116 Å². The van der Waals surface area contributed by atoms with E-state index >= 15 is 0 Å². The topological polar surface area (TPSA) is 42.4 Å². The van der Waals surface area contributed by atoms with Gasteiger partial charge in [0.25, 0.3) is 0 Å². The second-order valence-electron chi connectivity index (χ2n) is 4.35. The highest BCUT2D eigenvalue weighted by atomic mass is 79.9. The van der Waals surface area contributed by atoms with Gasteiger partial charge in [0.05, 0.1) is 18.6 Å². The highest BCUT2D eigenvalue weighted by Gasteiger charge is 2.16. The maximum Gasteiger partial charge on any atom is 0.0950 e. The maximum absolute atomic E-state index is 5.86. The normalized spacial score (nSPS) is 12.9. The first-order valence-electron chi connectivity index (χ1n) is 5.87. The summed E-state index contributed by atoms with van der Waals surface area (Å²) in [5.74, 6) is 0. The van der Waals surface area contributed by atoms with Crippen molar-refractivity contribution >= 4 is 15.9 Å². The van der Waals surface area contributed by atoms with E-state index in [4.69, 9.17) is 10.2 Å². The standard InChI is InChI=1S/C14H17BrN2O/c1-17(9-11-3-2-4-13(15)7-11)14(8-16)12-5-6-18-10-12/h2-7,10,14H,8-9,16H2,1H3. The van der Waals surface area contributed by atoms with Crippen molar-refractivity contribution in [3.8, 4) is 0 Å². The molecule has 4 heteroatoms. The minimum absolute atomic E-state index is 0.183. The van der Waals surface area contributed by atoms with E-state index < -0.39 is 0 Å². The molecule has 96 valence electrons. The van der Waals surface area contributed by atoms with E-state index in [1.165, 1.54) is 5.56 Å². The largest absolute Gasteiger partial charge is 0.472 e. The molecule has 2 aromatic rings. The van der Waals surface area contributed by atoms with Gasteiger partial charge in [0.2, 0.25) is 0 Å². The smallest absolute Gasteiger partial charge is 0.0950 e. The summed E-state index contributed by atoms with van der Waals surface area (Å²) < 4.78 is 6.23. The first-order valence-corrected chi connectivity index (χ1v) is 6.67. The zero-order chi connectivity index (χ0) is 13.0. The van der Waals surface area contributed by atoms with Gasteiger partial charge in [0.1, 0.15) is 0 Å². The Hall–Kier alpha value is -1.10. The van der Waals surface area contributed by atoms with Crippen LogP contribution in [-0.4, -0.2) is 18.5 Å². The number of nitrogens with two attached hydrogens (primary N) is 1. The van der Waals surface area contributed by atoms with Crippen molar-refractivity contribution < 1.29 is 4.42 Å². The van der Waals surface area contributed by atoms with Crippen molar-refractivity contribution in [2.75, 3.05) is 13.6 Å². The number of benzene rings is 1. The van der Waals surface area contributed by atoms with Crippen LogP contribution in [0.3, 0.4) is 0 Å². The molecule has 0 spiro atoms. The monoisotopic (exact) mass is 308 g/mol. The molecule has 1 heterocycles. The van der Waals surface area contributed by atoms with Gasteiger partial charge in [-0.3, -0.25) is 4.90 Å². The highest BCUT2D eigenvalue weighted by Crippen LogP contribution is 2.21. The summed E-state index contributed by atoms with van der Waals surface area (Å²) in [6.45, 7) is 1.43. The predicted octanol–water partition coefficient (Wildman–Crippen LogP) is 3.17. The molecule has 0 fully saturated rings. The number of furan rings is 1. The average molecular weight is 309 g/mol. The van der Waals surface area contributed by atoms with Crippen LogP contribution in [0.25, 0.3) is 0 Å². The van der Waals surface area contributed by atoms with Gasteiger partial charge in [-0.15, -0.1) is 0 Å². The second-order valence-corrected chi connectivity index (χ2v) is 5.27. The molecule has 3 nitrogen and oxygen atoms in total. The van der Waals surface area contributed by atoms with E-state index in [2.05, 4.69) is 40.0 Å². The summed E-state index contributed by atoms with van der Waals surface area (Å²) in [7, 11) is 2.07. The quantitative estimate of drug-likeness (QED) is 0.922. The summed E-state index contributed by atoms with van der Waals surface area (Å²) in [5.41, 5.74) is 8.23. The van der Waals surface area contributed by atoms with Crippen molar-refractivity contribution in [2.45, 2.75) is 12.6 Å². The minimum Gasteiger partial charge on any atom is -0.472 e. The molecule has 1 unspecified atom stereocenters. The van der Waals surface area contributed by atoms with E-state index in [1.54, 1.807) is 12.5 Å². The van der Waals surface area contributed by atoms with Gasteiger partial charge in [-0.2, -0.15) is 0 Å². The molecule has 0 aliphatic heterocycles. The van der Waals surface area contributed by atoms with Crippen LogP contribution in [-0.2, 0) is 6.54 Å². The van der Waals surface area contributed by atoms with Crippen molar-refractivity contribution in [3.63, 3.8) is 0 Å². The molecule has 0 bridgehead atoms. The third-order valence-electron chi connectivity index (χ3n) is 3.00. The molecule has 0 radical (unpaired) electrons. The third-order valence-corrected chi connectivity index (χ3v) is 3.50.